The van der Waals surface area contributed by atoms with Crippen LogP contribution in [0.3, 0.4) is 0 Å². The number of ether oxygens (including phenoxy) is 1. The Morgan fingerprint density at radius 2 is 2.30 bits per heavy atom. The first-order valence-electron chi connectivity index (χ1n) is 7.21. The van der Waals surface area contributed by atoms with E-state index < -0.39 is 0 Å². The van der Waals surface area contributed by atoms with E-state index in [4.69, 9.17) is 4.74 Å². The molecule has 3 heterocycles. The first-order valence-corrected chi connectivity index (χ1v) is 8.09. The zero-order valence-corrected chi connectivity index (χ0v) is 13.2. The van der Waals surface area contributed by atoms with Gasteiger partial charge in [-0.1, -0.05) is 0 Å². The molecule has 0 radical (unpaired) electrons. The Balaban J connectivity index is 1.89. The highest BCUT2D eigenvalue weighted by Crippen LogP contribution is 2.36. The Hall–Kier alpha value is -2.67. The number of anilines is 1. The van der Waals surface area contributed by atoms with Crippen LogP contribution in [0, 0.1) is 0 Å². The number of hydrogen-bond donors (Lipinski definition) is 0. The number of hydrogen-bond acceptors (Lipinski definition) is 5. The number of fused-ring (bicyclic) bond motifs is 2. The van der Waals surface area contributed by atoms with E-state index in [0.717, 1.165) is 22.5 Å². The number of carbonyl (C=O) groups excluding carboxylic acids is 2. The van der Waals surface area contributed by atoms with Crippen LogP contribution in [-0.4, -0.2) is 34.7 Å². The van der Waals surface area contributed by atoms with Crippen molar-refractivity contribution in [1.29, 1.82) is 0 Å². The number of imidazole rings is 1. The molecule has 1 aliphatic heterocycles. The molecule has 3 aromatic rings. The molecule has 1 aromatic carbocycles. The van der Waals surface area contributed by atoms with Gasteiger partial charge in [0.2, 0.25) is 0 Å². The number of thiazole rings is 1. The van der Waals surface area contributed by atoms with Crippen molar-refractivity contribution in [2.75, 3.05) is 18.1 Å². The predicted octanol–water partition coefficient (Wildman–Crippen LogP) is 2.62. The van der Waals surface area contributed by atoms with Crippen LogP contribution in [0.25, 0.3) is 16.2 Å². The standard InChI is InChI=1S/C16H13N3O3S/c1-2-18-11-7-10(3-4-13(11)22-9-14(18)21)15-12(8-20)19-5-6-23-16(19)17-15/h3-8H,2,9H2,1H3. The number of likely N-dealkylation sites (N-methyl/N-ethyl adjacent to an activating group) is 1. The van der Waals surface area contributed by atoms with Crippen LogP contribution in [0.2, 0.25) is 0 Å². The molecular formula is C16H13N3O3S. The summed E-state index contributed by atoms with van der Waals surface area (Å²) in [6.07, 6.45) is 2.63. The van der Waals surface area contributed by atoms with Gasteiger partial charge in [0.15, 0.2) is 17.9 Å². The fourth-order valence-corrected chi connectivity index (χ4v) is 3.55. The lowest BCUT2D eigenvalue weighted by Gasteiger charge is -2.28. The highest BCUT2D eigenvalue weighted by atomic mass is 32.1. The number of carbonyl (C=O) groups is 2. The van der Waals surface area contributed by atoms with Crippen LogP contribution in [-0.2, 0) is 4.79 Å². The van der Waals surface area contributed by atoms with Gasteiger partial charge < -0.3 is 9.64 Å². The van der Waals surface area contributed by atoms with E-state index in [1.165, 1.54) is 11.3 Å². The molecule has 0 atom stereocenters. The largest absolute Gasteiger partial charge is 0.482 e. The topological polar surface area (TPSA) is 63.9 Å². The highest BCUT2D eigenvalue weighted by molar-refractivity contribution is 7.15. The third-order valence-corrected chi connectivity index (χ3v) is 4.66. The van der Waals surface area contributed by atoms with E-state index in [1.807, 2.05) is 36.7 Å². The van der Waals surface area contributed by atoms with Crippen molar-refractivity contribution in [2.45, 2.75) is 6.92 Å². The molecule has 2 aromatic heterocycles. The van der Waals surface area contributed by atoms with Gasteiger partial charge in [-0.25, -0.2) is 4.98 Å². The number of rotatable bonds is 3. The maximum absolute atomic E-state index is 12.0. The van der Waals surface area contributed by atoms with Gasteiger partial charge in [-0.2, -0.15) is 0 Å². The van der Waals surface area contributed by atoms with Gasteiger partial charge in [0.05, 0.1) is 5.69 Å². The Bertz CT molecular complexity index is 928. The van der Waals surface area contributed by atoms with Crippen LogP contribution in [0.5, 0.6) is 5.75 Å². The summed E-state index contributed by atoms with van der Waals surface area (Å²) in [6.45, 7) is 2.54. The number of amides is 1. The van der Waals surface area contributed by atoms with E-state index in [0.29, 0.717) is 23.7 Å². The highest BCUT2D eigenvalue weighted by Gasteiger charge is 2.25. The second kappa shape index (κ2) is 5.20. The minimum atomic E-state index is -0.0708. The molecule has 0 aliphatic carbocycles. The van der Waals surface area contributed by atoms with Gasteiger partial charge in [0.25, 0.3) is 5.91 Å². The summed E-state index contributed by atoms with van der Waals surface area (Å²) in [6, 6.07) is 5.54. The molecule has 0 fully saturated rings. The lowest BCUT2D eigenvalue weighted by atomic mass is 10.1. The van der Waals surface area contributed by atoms with Crippen molar-refractivity contribution < 1.29 is 14.3 Å². The molecule has 7 heteroatoms. The van der Waals surface area contributed by atoms with Crippen LogP contribution < -0.4 is 9.64 Å². The third-order valence-electron chi connectivity index (χ3n) is 3.90. The molecule has 6 nitrogen and oxygen atoms in total. The monoisotopic (exact) mass is 327 g/mol. The molecule has 1 aliphatic rings. The molecule has 0 N–H and O–H groups in total. The molecule has 1 amide bonds. The average Bonchev–Trinajstić information content (AvgIpc) is 3.14. The van der Waals surface area contributed by atoms with E-state index in [-0.39, 0.29) is 12.5 Å². The first kappa shape index (κ1) is 14.0. The zero-order chi connectivity index (χ0) is 16.0. The van der Waals surface area contributed by atoms with Crippen molar-refractivity contribution in [1.82, 2.24) is 9.38 Å². The minimum absolute atomic E-state index is 0.0555. The van der Waals surface area contributed by atoms with Gasteiger partial charge in [-0.15, -0.1) is 11.3 Å². The molecular weight excluding hydrogens is 314 g/mol. The Kier molecular flexibility index (Phi) is 3.16. The zero-order valence-electron chi connectivity index (χ0n) is 12.4. The summed E-state index contributed by atoms with van der Waals surface area (Å²) in [5, 5.41) is 1.89. The minimum Gasteiger partial charge on any atom is -0.482 e. The quantitative estimate of drug-likeness (QED) is 0.694. The van der Waals surface area contributed by atoms with Gasteiger partial charge in [-0.05, 0) is 25.1 Å². The second-order valence-electron chi connectivity index (χ2n) is 5.13. The maximum Gasteiger partial charge on any atom is 0.265 e. The molecule has 4 rings (SSSR count). The smallest absolute Gasteiger partial charge is 0.265 e. The van der Waals surface area contributed by atoms with Gasteiger partial charge >= 0.3 is 0 Å². The first-order chi connectivity index (χ1) is 11.2. The van der Waals surface area contributed by atoms with Gasteiger partial charge in [0.1, 0.15) is 17.1 Å². The molecule has 0 saturated heterocycles. The Morgan fingerprint density at radius 1 is 1.43 bits per heavy atom. The average molecular weight is 327 g/mol. The van der Waals surface area contributed by atoms with Crippen molar-refractivity contribution >= 4 is 34.2 Å². The van der Waals surface area contributed by atoms with Crippen molar-refractivity contribution in [2.24, 2.45) is 0 Å². The predicted molar refractivity (Wildman–Crippen MR) is 87.4 cm³/mol. The van der Waals surface area contributed by atoms with Crippen molar-refractivity contribution in [3.63, 3.8) is 0 Å². The van der Waals surface area contributed by atoms with Crippen LogP contribution in [0.4, 0.5) is 5.69 Å². The number of nitrogens with zero attached hydrogens (tertiary/aromatic N) is 3. The Morgan fingerprint density at radius 3 is 3.09 bits per heavy atom. The number of benzene rings is 1. The molecule has 23 heavy (non-hydrogen) atoms. The summed E-state index contributed by atoms with van der Waals surface area (Å²) >= 11 is 1.47. The van der Waals surface area contributed by atoms with Crippen LogP contribution in [0.1, 0.15) is 17.4 Å². The van der Waals surface area contributed by atoms with E-state index in [1.54, 1.807) is 9.30 Å². The van der Waals surface area contributed by atoms with Gasteiger partial charge in [0, 0.05) is 23.7 Å². The van der Waals surface area contributed by atoms with E-state index in [2.05, 4.69) is 4.98 Å². The molecule has 0 spiro atoms. The van der Waals surface area contributed by atoms with Gasteiger partial charge in [-0.3, -0.25) is 14.0 Å². The summed E-state index contributed by atoms with van der Waals surface area (Å²) in [7, 11) is 0. The lowest BCUT2D eigenvalue weighted by molar-refractivity contribution is -0.121. The molecule has 0 unspecified atom stereocenters. The summed E-state index contributed by atoms with van der Waals surface area (Å²) in [5.74, 6) is 0.599. The molecule has 0 bridgehead atoms. The fourth-order valence-electron chi connectivity index (χ4n) is 2.82. The third kappa shape index (κ3) is 2.04. The number of aromatic nitrogens is 2. The lowest BCUT2D eigenvalue weighted by Crippen LogP contribution is -2.38. The SMILES string of the molecule is CCN1C(=O)COc2ccc(-c3nc4sccn4c3C=O)cc21. The van der Waals surface area contributed by atoms with Crippen LogP contribution >= 0.6 is 11.3 Å². The van der Waals surface area contributed by atoms with Crippen molar-refractivity contribution in [3.8, 4) is 17.0 Å². The van der Waals surface area contributed by atoms with Crippen LogP contribution in [0.15, 0.2) is 29.8 Å². The fraction of sp³-hybridized carbons (Fsp3) is 0.188. The van der Waals surface area contributed by atoms with Crippen molar-refractivity contribution in [3.05, 3.63) is 35.5 Å². The summed E-state index contributed by atoms with van der Waals surface area (Å²) in [5.41, 5.74) is 2.63. The molecule has 116 valence electrons. The Labute approximate surface area is 135 Å². The number of aldehydes is 1. The summed E-state index contributed by atoms with van der Waals surface area (Å²) < 4.78 is 7.24. The second-order valence-corrected chi connectivity index (χ2v) is 6.00. The van der Waals surface area contributed by atoms with E-state index >= 15 is 0 Å². The summed E-state index contributed by atoms with van der Waals surface area (Å²) in [4.78, 5) is 30.5. The normalized spacial score (nSPS) is 14.0. The molecule has 0 saturated carbocycles. The maximum atomic E-state index is 12.0. The van der Waals surface area contributed by atoms with E-state index in [9.17, 15) is 9.59 Å².